The monoisotopic (exact) mass is 209 g/mol. The minimum atomic E-state index is -0.671. The van der Waals surface area contributed by atoms with Crippen LogP contribution in [0.3, 0.4) is 0 Å². The Morgan fingerprint density at radius 2 is 1.07 bits per heavy atom. The molecular weight excluding hydrogens is 196 g/mol. The molecule has 2 rings (SSSR count). The van der Waals surface area contributed by atoms with Gasteiger partial charge in [-0.15, -0.1) is 0 Å². The Morgan fingerprint density at radius 3 is 1.40 bits per heavy atom. The summed E-state index contributed by atoms with van der Waals surface area (Å²) in [4.78, 5) is 0. The first-order chi connectivity index (χ1) is 6.88. The van der Waals surface area contributed by atoms with E-state index in [2.05, 4.69) is 24.3 Å². The van der Waals surface area contributed by atoms with Crippen LogP contribution in [0.5, 0.6) is 0 Å². The molecule has 3 heteroatoms. The van der Waals surface area contributed by atoms with Gasteiger partial charge in [0.1, 0.15) is 0 Å². The fourth-order valence-corrected chi connectivity index (χ4v) is 2.61. The van der Waals surface area contributed by atoms with E-state index in [9.17, 15) is 0 Å². The molecule has 0 aliphatic heterocycles. The molecule has 0 aliphatic carbocycles. The Morgan fingerprint density at radius 1 is 0.733 bits per heavy atom. The summed E-state index contributed by atoms with van der Waals surface area (Å²) in [6, 6.07) is 20.5. The molecule has 0 heterocycles. The molecule has 0 aliphatic rings. The van der Waals surface area contributed by atoms with E-state index in [0.717, 1.165) is 0 Å². The summed E-state index contributed by atoms with van der Waals surface area (Å²) < 4.78 is 0. The molecule has 2 aromatic carbocycles. The number of rotatable bonds is 2. The van der Waals surface area contributed by atoms with E-state index in [1.807, 2.05) is 36.4 Å². The molecule has 72 valence electrons. The van der Waals surface area contributed by atoms with Gasteiger partial charge in [0.15, 0.2) is 0 Å². The molecule has 2 aromatic rings. The average Bonchev–Trinajstić information content (AvgIpc) is 2.30. The first-order valence-corrected chi connectivity index (χ1v) is 5.94. The van der Waals surface area contributed by atoms with E-state index in [0.29, 0.717) is 0 Å². The molecule has 0 fully saturated rings. The smallest absolute Gasteiger partial charge is 1.00 e. The van der Waals surface area contributed by atoms with E-state index >= 15 is 0 Å². The largest absolute Gasteiger partial charge is 1.00 e. The fraction of sp³-hybridized carbons (Fsp3) is 0. The Labute approximate surface area is 105 Å². The number of nitrogens with two attached hydrogens (primary N) is 1. The predicted octanol–water partition coefficient (Wildman–Crippen LogP) is -0.891. The second-order valence-corrected chi connectivity index (χ2v) is 4.81. The maximum Gasteiger partial charge on any atom is 1.00 e. The van der Waals surface area contributed by atoms with Gasteiger partial charge in [-0.2, -0.15) is 0 Å². The molecule has 15 heavy (non-hydrogen) atoms. The summed E-state index contributed by atoms with van der Waals surface area (Å²) in [6.45, 7) is 0. The Bertz CT molecular complexity index is 357. The normalized spacial score (nSPS) is 9.73. The summed E-state index contributed by atoms with van der Waals surface area (Å²) in [5.74, 6) is 0. The van der Waals surface area contributed by atoms with Crippen molar-refractivity contribution in [1.82, 2.24) is 0 Å². The molecule has 0 unspecified atom stereocenters. The standard InChI is InChI=1S/C12H12NP.Li.H/c13-14(11-7-3-1-4-8-11)12-9-5-2-6-10-12;;/h1-10H,13H2;;/q;+1;-1. The third kappa shape index (κ3) is 3.19. The fourth-order valence-electron chi connectivity index (χ4n) is 1.33. The molecule has 0 saturated heterocycles. The Hall–Kier alpha value is -0.573. The van der Waals surface area contributed by atoms with Crippen LogP contribution in [0, 0.1) is 0 Å². The van der Waals surface area contributed by atoms with E-state index in [1.54, 1.807) is 0 Å². The van der Waals surface area contributed by atoms with Crippen molar-refractivity contribution in [1.29, 1.82) is 0 Å². The molecule has 0 aromatic heterocycles. The van der Waals surface area contributed by atoms with Crippen LogP contribution in [0.2, 0.25) is 0 Å². The zero-order valence-electron chi connectivity index (χ0n) is 9.80. The molecular formula is C12H13LiNP. The minimum Gasteiger partial charge on any atom is -1.00 e. The van der Waals surface area contributed by atoms with Crippen molar-refractivity contribution in [2.75, 3.05) is 0 Å². The van der Waals surface area contributed by atoms with Gasteiger partial charge in [-0.1, -0.05) is 60.7 Å². The number of hydrogen-bond acceptors (Lipinski definition) is 1. The van der Waals surface area contributed by atoms with Crippen LogP contribution in [0.15, 0.2) is 60.7 Å². The van der Waals surface area contributed by atoms with Crippen molar-refractivity contribution >= 4 is 18.7 Å². The van der Waals surface area contributed by atoms with Crippen molar-refractivity contribution in [3.05, 3.63) is 60.7 Å². The van der Waals surface area contributed by atoms with Gasteiger partial charge in [0.05, 0.1) is 0 Å². The second kappa shape index (κ2) is 6.11. The van der Waals surface area contributed by atoms with Gasteiger partial charge in [0.25, 0.3) is 0 Å². The molecule has 0 atom stereocenters. The van der Waals surface area contributed by atoms with Crippen LogP contribution >= 0.6 is 8.07 Å². The van der Waals surface area contributed by atoms with Gasteiger partial charge < -0.3 is 6.93 Å². The van der Waals surface area contributed by atoms with Crippen molar-refractivity contribution in [3.63, 3.8) is 0 Å². The average molecular weight is 209 g/mol. The van der Waals surface area contributed by atoms with Crippen LogP contribution in [0.25, 0.3) is 0 Å². The van der Waals surface area contributed by atoms with E-state index in [4.69, 9.17) is 5.50 Å². The van der Waals surface area contributed by atoms with Gasteiger partial charge in [0, 0.05) is 8.07 Å². The maximum absolute atomic E-state index is 6.18. The van der Waals surface area contributed by atoms with Crippen LogP contribution in [0.1, 0.15) is 1.43 Å². The molecule has 0 bridgehead atoms. The zero-order valence-corrected chi connectivity index (χ0v) is 9.69. The van der Waals surface area contributed by atoms with Crippen molar-refractivity contribution in [2.24, 2.45) is 5.50 Å². The third-order valence-corrected chi connectivity index (χ3v) is 3.78. The van der Waals surface area contributed by atoms with Crippen LogP contribution in [0.4, 0.5) is 0 Å². The molecule has 0 saturated carbocycles. The van der Waals surface area contributed by atoms with E-state index < -0.39 is 8.07 Å². The van der Waals surface area contributed by atoms with Crippen LogP contribution < -0.4 is 35.0 Å². The molecule has 0 amide bonds. The summed E-state index contributed by atoms with van der Waals surface area (Å²) in [6.07, 6.45) is 0. The van der Waals surface area contributed by atoms with Crippen molar-refractivity contribution in [2.45, 2.75) is 0 Å². The summed E-state index contributed by atoms with van der Waals surface area (Å²) in [5, 5.41) is 2.43. The number of benzene rings is 2. The van der Waals surface area contributed by atoms with Crippen LogP contribution in [-0.2, 0) is 0 Å². The topological polar surface area (TPSA) is 26.0 Å². The van der Waals surface area contributed by atoms with Gasteiger partial charge in [0.2, 0.25) is 0 Å². The SMILES string of the molecule is NP(c1ccccc1)c1ccccc1.[H-].[Li+]. The number of hydrogen-bond donors (Lipinski definition) is 1. The second-order valence-electron chi connectivity index (χ2n) is 3.04. The van der Waals surface area contributed by atoms with E-state index in [1.165, 1.54) is 10.6 Å². The van der Waals surface area contributed by atoms with Gasteiger partial charge in [-0.3, -0.25) is 0 Å². The summed E-state index contributed by atoms with van der Waals surface area (Å²) in [7, 11) is -0.671. The van der Waals surface area contributed by atoms with Gasteiger partial charge in [-0.05, 0) is 10.6 Å². The summed E-state index contributed by atoms with van der Waals surface area (Å²) >= 11 is 0. The summed E-state index contributed by atoms with van der Waals surface area (Å²) in [5.41, 5.74) is 6.18. The minimum absolute atomic E-state index is 0. The third-order valence-electron chi connectivity index (χ3n) is 2.07. The zero-order chi connectivity index (χ0) is 9.80. The van der Waals surface area contributed by atoms with Gasteiger partial charge in [-0.25, -0.2) is 0 Å². The molecule has 1 nitrogen and oxygen atoms in total. The van der Waals surface area contributed by atoms with Crippen molar-refractivity contribution in [3.8, 4) is 0 Å². The molecule has 0 spiro atoms. The predicted molar refractivity (Wildman–Crippen MR) is 64.4 cm³/mol. The Kier molecular flexibility index (Phi) is 5.09. The van der Waals surface area contributed by atoms with Crippen molar-refractivity contribution < 1.29 is 20.3 Å². The first-order valence-electron chi connectivity index (χ1n) is 4.53. The quantitative estimate of drug-likeness (QED) is 0.504. The van der Waals surface area contributed by atoms with E-state index in [-0.39, 0.29) is 20.3 Å². The molecule has 2 N–H and O–H groups in total. The molecule has 0 radical (unpaired) electrons. The van der Waals surface area contributed by atoms with Gasteiger partial charge >= 0.3 is 18.9 Å². The maximum atomic E-state index is 6.18. The Balaban J connectivity index is 0.00000112. The first kappa shape index (κ1) is 12.5. The van der Waals surface area contributed by atoms with Crippen LogP contribution in [-0.4, -0.2) is 0 Å².